The maximum absolute atomic E-state index is 10.1. The van der Waals surface area contributed by atoms with Crippen molar-refractivity contribution in [2.24, 2.45) is 0 Å². The van der Waals surface area contributed by atoms with Crippen LogP contribution in [0.25, 0.3) is 10.2 Å². The lowest BCUT2D eigenvalue weighted by Gasteiger charge is -2.17. The number of thiophene rings is 1. The Kier molecular flexibility index (Phi) is 5.17. The summed E-state index contributed by atoms with van der Waals surface area (Å²) in [5.41, 5.74) is 1.10. The molecule has 0 amide bonds. The van der Waals surface area contributed by atoms with E-state index in [0.717, 1.165) is 21.6 Å². The second-order valence-corrected chi connectivity index (χ2v) is 6.18. The third-order valence-corrected chi connectivity index (χ3v) is 4.40. The fourth-order valence-corrected chi connectivity index (χ4v) is 3.01. The summed E-state index contributed by atoms with van der Waals surface area (Å²) in [6.07, 6.45) is 0.875. The Morgan fingerprint density at radius 1 is 1.22 bits per heavy atom. The first-order valence-electron chi connectivity index (χ1n) is 7.50. The standard InChI is InChI=1S/C17H19N3O2S/c1-12(13-5-3-2-4-6-13)22-10-14(21)9-18-16-15-7-8-23-17(15)20-11-19-16/h2-8,11-12,14,21H,9-10H2,1H3,(H,18,19,20)/t12-,14+/m0/s1. The van der Waals surface area contributed by atoms with Gasteiger partial charge in [-0.15, -0.1) is 11.3 Å². The molecule has 5 nitrogen and oxygen atoms in total. The van der Waals surface area contributed by atoms with E-state index in [9.17, 15) is 5.11 Å². The molecular formula is C17H19N3O2S. The normalized spacial score (nSPS) is 13.8. The molecule has 0 fully saturated rings. The van der Waals surface area contributed by atoms with Gasteiger partial charge in [-0.25, -0.2) is 9.97 Å². The van der Waals surface area contributed by atoms with E-state index in [2.05, 4.69) is 15.3 Å². The smallest absolute Gasteiger partial charge is 0.138 e. The van der Waals surface area contributed by atoms with Crippen LogP contribution in [0.15, 0.2) is 48.1 Å². The largest absolute Gasteiger partial charge is 0.389 e. The van der Waals surface area contributed by atoms with E-state index in [0.29, 0.717) is 6.54 Å². The molecule has 2 heterocycles. The van der Waals surface area contributed by atoms with Crippen LogP contribution < -0.4 is 5.32 Å². The van der Waals surface area contributed by atoms with Crippen molar-refractivity contribution in [2.45, 2.75) is 19.1 Å². The Balaban J connectivity index is 1.50. The van der Waals surface area contributed by atoms with E-state index in [1.807, 2.05) is 48.7 Å². The number of aromatic nitrogens is 2. The first-order chi connectivity index (χ1) is 11.2. The fraction of sp³-hybridized carbons (Fsp3) is 0.294. The molecule has 0 aliphatic rings. The van der Waals surface area contributed by atoms with Crippen LogP contribution in [-0.2, 0) is 4.74 Å². The van der Waals surface area contributed by atoms with Crippen molar-refractivity contribution in [1.29, 1.82) is 0 Å². The van der Waals surface area contributed by atoms with Crippen LogP contribution in [0.4, 0.5) is 5.82 Å². The summed E-state index contributed by atoms with van der Waals surface area (Å²) in [5.74, 6) is 0.742. The number of benzene rings is 1. The van der Waals surface area contributed by atoms with Gasteiger partial charge in [0.2, 0.25) is 0 Å². The molecule has 2 aromatic heterocycles. The monoisotopic (exact) mass is 329 g/mol. The highest BCUT2D eigenvalue weighted by Gasteiger charge is 2.11. The summed E-state index contributed by atoms with van der Waals surface area (Å²) in [5, 5.41) is 16.2. The second kappa shape index (κ2) is 7.50. The molecule has 0 radical (unpaired) electrons. The maximum Gasteiger partial charge on any atom is 0.138 e. The number of hydrogen-bond donors (Lipinski definition) is 2. The van der Waals surface area contributed by atoms with Gasteiger partial charge >= 0.3 is 0 Å². The molecule has 3 aromatic rings. The van der Waals surface area contributed by atoms with Gasteiger partial charge in [-0.2, -0.15) is 0 Å². The average molecular weight is 329 g/mol. The average Bonchev–Trinajstić information content (AvgIpc) is 3.07. The maximum atomic E-state index is 10.1. The number of nitrogens with one attached hydrogen (secondary N) is 1. The Bertz CT molecular complexity index is 748. The summed E-state index contributed by atoms with van der Waals surface area (Å²) in [4.78, 5) is 9.36. The zero-order chi connectivity index (χ0) is 16.1. The van der Waals surface area contributed by atoms with E-state index in [-0.39, 0.29) is 12.7 Å². The zero-order valence-corrected chi connectivity index (χ0v) is 13.7. The SMILES string of the molecule is C[C@H](OC[C@H](O)CNc1ncnc2sccc12)c1ccccc1. The number of nitrogens with zero attached hydrogens (tertiary/aromatic N) is 2. The number of rotatable bonds is 7. The number of hydrogen-bond acceptors (Lipinski definition) is 6. The molecular weight excluding hydrogens is 310 g/mol. The zero-order valence-electron chi connectivity index (χ0n) is 12.8. The Morgan fingerprint density at radius 2 is 2.04 bits per heavy atom. The van der Waals surface area contributed by atoms with Crippen LogP contribution in [0.2, 0.25) is 0 Å². The van der Waals surface area contributed by atoms with Gasteiger partial charge in [0.1, 0.15) is 17.0 Å². The number of aliphatic hydroxyl groups excluding tert-OH is 1. The molecule has 2 N–H and O–H groups in total. The first-order valence-corrected chi connectivity index (χ1v) is 8.38. The van der Waals surface area contributed by atoms with Gasteiger partial charge in [0.05, 0.1) is 24.2 Å². The van der Waals surface area contributed by atoms with Crippen LogP contribution in [-0.4, -0.2) is 34.3 Å². The lowest BCUT2D eigenvalue weighted by molar-refractivity contribution is 0.00242. The highest BCUT2D eigenvalue weighted by atomic mass is 32.1. The molecule has 0 saturated heterocycles. The molecule has 1 aromatic carbocycles. The van der Waals surface area contributed by atoms with Gasteiger partial charge in [-0.05, 0) is 23.9 Å². The molecule has 0 aliphatic heterocycles. The van der Waals surface area contributed by atoms with Gasteiger partial charge in [0.25, 0.3) is 0 Å². The fourth-order valence-electron chi connectivity index (χ4n) is 2.28. The van der Waals surface area contributed by atoms with Gasteiger partial charge in [0.15, 0.2) is 0 Å². The quantitative estimate of drug-likeness (QED) is 0.696. The third kappa shape index (κ3) is 4.04. The van der Waals surface area contributed by atoms with Gasteiger partial charge in [-0.1, -0.05) is 30.3 Å². The van der Waals surface area contributed by atoms with Crippen LogP contribution >= 0.6 is 11.3 Å². The first kappa shape index (κ1) is 15.9. The van der Waals surface area contributed by atoms with E-state index in [1.54, 1.807) is 11.3 Å². The van der Waals surface area contributed by atoms with Crippen molar-refractivity contribution in [2.75, 3.05) is 18.5 Å². The van der Waals surface area contributed by atoms with Crippen LogP contribution in [0.3, 0.4) is 0 Å². The summed E-state index contributed by atoms with van der Waals surface area (Å²) in [6, 6.07) is 11.9. The van der Waals surface area contributed by atoms with E-state index in [1.165, 1.54) is 6.33 Å². The number of aliphatic hydroxyl groups is 1. The third-order valence-electron chi connectivity index (χ3n) is 3.57. The molecule has 120 valence electrons. The molecule has 0 aliphatic carbocycles. The van der Waals surface area contributed by atoms with E-state index in [4.69, 9.17) is 4.74 Å². The molecule has 2 atom stereocenters. The highest BCUT2D eigenvalue weighted by molar-refractivity contribution is 7.16. The minimum Gasteiger partial charge on any atom is -0.389 e. The van der Waals surface area contributed by atoms with Gasteiger partial charge < -0.3 is 15.2 Å². The van der Waals surface area contributed by atoms with E-state index >= 15 is 0 Å². The Morgan fingerprint density at radius 3 is 2.87 bits per heavy atom. The highest BCUT2D eigenvalue weighted by Crippen LogP contribution is 2.23. The predicted molar refractivity (Wildman–Crippen MR) is 92.7 cm³/mol. The molecule has 0 saturated carbocycles. The lowest BCUT2D eigenvalue weighted by atomic mass is 10.1. The summed E-state index contributed by atoms with van der Waals surface area (Å²) < 4.78 is 5.73. The molecule has 6 heteroatoms. The number of anilines is 1. The number of ether oxygens (including phenoxy) is 1. The van der Waals surface area contributed by atoms with Crippen molar-refractivity contribution in [3.63, 3.8) is 0 Å². The summed E-state index contributed by atoms with van der Waals surface area (Å²) >= 11 is 1.57. The minimum absolute atomic E-state index is 0.0477. The minimum atomic E-state index is -0.607. The summed E-state index contributed by atoms with van der Waals surface area (Å²) in [6.45, 7) is 2.62. The van der Waals surface area contributed by atoms with Crippen molar-refractivity contribution in [1.82, 2.24) is 9.97 Å². The van der Waals surface area contributed by atoms with Crippen molar-refractivity contribution < 1.29 is 9.84 Å². The lowest BCUT2D eigenvalue weighted by Crippen LogP contribution is -2.25. The Labute approximate surface area is 139 Å². The molecule has 0 unspecified atom stereocenters. The van der Waals surface area contributed by atoms with Crippen molar-refractivity contribution in [3.8, 4) is 0 Å². The molecule has 0 spiro atoms. The topological polar surface area (TPSA) is 67.3 Å². The van der Waals surface area contributed by atoms with Crippen LogP contribution in [0.5, 0.6) is 0 Å². The van der Waals surface area contributed by atoms with Crippen molar-refractivity contribution >= 4 is 27.4 Å². The predicted octanol–water partition coefficient (Wildman–Crippen LogP) is 3.24. The second-order valence-electron chi connectivity index (χ2n) is 5.28. The van der Waals surface area contributed by atoms with E-state index < -0.39 is 6.10 Å². The van der Waals surface area contributed by atoms with Crippen LogP contribution in [0.1, 0.15) is 18.6 Å². The Hall–Kier alpha value is -2.02. The molecule has 3 rings (SSSR count). The van der Waals surface area contributed by atoms with Crippen molar-refractivity contribution in [3.05, 3.63) is 53.7 Å². The summed E-state index contributed by atoms with van der Waals surface area (Å²) in [7, 11) is 0. The van der Waals surface area contributed by atoms with Gasteiger partial charge in [0, 0.05) is 6.54 Å². The number of fused-ring (bicyclic) bond motifs is 1. The molecule has 0 bridgehead atoms. The molecule has 23 heavy (non-hydrogen) atoms. The van der Waals surface area contributed by atoms with Gasteiger partial charge in [-0.3, -0.25) is 0 Å². The van der Waals surface area contributed by atoms with Crippen LogP contribution in [0, 0.1) is 0 Å².